The van der Waals surface area contributed by atoms with E-state index in [2.05, 4.69) is 23.7 Å². The summed E-state index contributed by atoms with van der Waals surface area (Å²) < 4.78 is 5.79. The fourth-order valence-corrected chi connectivity index (χ4v) is 2.81. The highest BCUT2D eigenvalue weighted by atomic mass is 16.5. The fraction of sp³-hybridized carbons (Fsp3) is 0.688. The largest absolute Gasteiger partial charge is 0.476 e. The molecular weight excluding hydrogens is 250 g/mol. The van der Waals surface area contributed by atoms with E-state index in [1.165, 1.54) is 25.7 Å². The molecule has 1 saturated carbocycles. The molecule has 1 saturated heterocycles. The number of anilines is 2. The maximum Gasteiger partial charge on any atom is 0.239 e. The number of ether oxygens (including phenoxy) is 1. The molecule has 2 unspecified atom stereocenters. The molecule has 3 rings (SSSR count). The average Bonchev–Trinajstić information content (AvgIpc) is 3.25. The Bertz CT molecular complexity index is 473. The number of hydrogen-bond donors (Lipinski definition) is 1. The van der Waals surface area contributed by atoms with E-state index in [-0.39, 0.29) is 0 Å². The van der Waals surface area contributed by atoms with Crippen LogP contribution >= 0.6 is 0 Å². The van der Waals surface area contributed by atoms with Gasteiger partial charge in [-0.3, -0.25) is 0 Å². The molecule has 2 aliphatic rings. The smallest absolute Gasteiger partial charge is 0.239 e. The Labute approximate surface area is 121 Å². The second-order valence-corrected chi connectivity index (χ2v) is 6.50. The Balaban J connectivity index is 1.75. The highest BCUT2D eigenvalue weighted by molar-refractivity contribution is 5.55. The van der Waals surface area contributed by atoms with Crippen LogP contribution in [0, 0.1) is 11.8 Å². The van der Waals surface area contributed by atoms with Gasteiger partial charge in [0.25, 0.3) is 0 Å². The van der Waals surface area contributed by atoms with Crippen LogP contribution in [-0.4, -0.2) is 24.2 Å². The first-order chi connectivity index (χ1) is 9.63. The Hall–Kier alpha value is -1.45. The molecule has 0 bridgehead atoms. The molecule has 0 amide bonds. The van der Waals surface area contributed by atoms with Crippen LogP contribution in [0.2, 0.25) is 0 Å². The lowest BCUT2D eigenvalue weighted by Crippen LogP contribution is -2.41. The topological polar surface area (TPSA) is 51.4 Å². The number of piperidine rings is 1. The first-order valence-electron chi connectivity index (χ1n) is 7.79. The van der Waals surface area contributed by atoms with Crippen LogP contribution in [0.15, 0.2) is 12.1 Å². The summed E-state index contributed by atoms with van der Waals surface area (Å²) in [6.07, 6.45) is 5.09. The van der Waals surface area contributed by atoms with Crippen LogP contribution in [0.5, 0.6) is 5.88 Å². The second kappa shape index (κ2) is 5.51. The SMILES string of the molecule is CC1CCC(C)N(c2ccc(N)c(OCC3CC3)n2)C1. The summed E-state index contributed by atoms with van der Waals surface area (Å²) in [5.41, 5.74) is 6.63. The molecule has 20 heavy (non-hydrogen) atoms. The van der Waals surface area contributed by atoms with Crippen molar-refractivity contribution in [1.82, 2.24) is 4.98 Å². The van der Waals surface area contributed by atoms with E-state index >= 15 is 0 Å². The number of rotatable bonds is 4. The predicted molar refractivity (Wildman–Crippen MR) is 82.1 cm³/mol. The number of nitrogens with zero attached hydrogens (tertiary/aromatic N) is 2. The molecule has 0 radical (unpaired) electrons. The molecule has 4 nitrogen and oxygen atoms in total. The van der Waals surface area contributed by atoms with Crippen molar-refractivity contribution in [2.24, 2.45) is 11.8 Å². The van der Waals surface area contributed by atoms with Crippen LogP contribution in [0.4, 0.5) is 11.5 Å². The van der Waals surface area contributed by atoms with E-state index in [0.717, 1.165) is 24.9 Å². The molecule has 2 heterocycles. The third-order valence-electron chi connectivity index (χ3n) is 4.44. The van der Waals surface area contributed by atoms with E-state index in [0.29, 0.717) is 23.5 Å². The number of nitrogens with two attached hydrogens (primary N) is 1. The van der Waals surface area contributed by atoms with Gasteiger partial charge in [0.1, 0.15) is 5.82 Å². The Morgan fingerprint density at radius 2 is 2.05 bits per heavy atom. The molecule has 0 spiro atoms. The lowest BCUT2D eigenvalue weighted by Gasteiger charge is -2.37. The normalized spacial score (nSPS) is 26.6. The highest BCUT2D eigenvalue weighted by Gasteiger charge is 2.25. The monoisotopic (exact) mass is 275 g/mol. The standard InChI is InChI=1S/C16H25N3O/c1-11-3-4-12(2)19(9-11)15-8-7-14(17)16(18-15)20-10-13-5-6-13/h7-8,11-13H,3-6,9-10,17H2,1-2H3. The van der Waals surface area contributed by atoms with Crippen molar-refractivity contribution < 1.29 is 4.74 Å². The van der Waals surface area contributed by atoms with Gasteiger partial charge < -0.3 is 15.4 Å². The molecule has 1 aromatic heterocycles. The first-order valence-corrected chi connectivity index (χ1v) is 7.79. The number of pyridine rings is 1. The van der Waals surface area contributed by atoms with Crippen LogP contribution in [0.25, 0.3) is 0 Å². The van der Waals surface area contributed by atoms with Gasteiger partial charge in [-0.2, -0.15) is 4.98 Å². The van der Waals surface area contributed by atoms with Crippen molar-refractivity contribution in [3.05, 3.63) is 12.1 Å². The highest BCUT2D eigenvalue weighted by Crippen LogP contribution is 2.32. The zero-order valence-electron chi connectivity index (χ0n) is 12.5. The molecule has 1 aliphatic carbocycles. The van der Waals surface area contributed by atoms with Crippen molar-refractivity contribution in [3.8, 4) is 5.88 Å². The third kappa shape index (κ3) is 3.00. The summed E-state index contributed by atoms with van der Waals surface area (Å²) in [4.78, 5) is 7.05. The maximum absolute atomic E-state index is 5.98. The molecule has 0 aromatic carbocycles. The summed E-state index contributed by atoms with van der Waals surface area (Å²) >= 11 is 0. The van der Waals surface area contributed by atoms with E-state index in [9.17, 15) is 0 Å². The molecule has 1 aromatic rings. The lowest BCUT2D eigenvalue weighted by atomic mass is 9.95. The van der Waals surface area contributed by atoms with Crippen LogP contribution in [0.3, 0.4) is 0 Å². The second-order valence-electron chi connectivity index (χ2n) is 6.50. The van der Waals surface area contributed by atoms with Crippen LogP contribution in [-0.2, 0) is 0 Å². The molecule has 1 aliphatic heterocycles. The van der Waals surface area contributed by atoms with Crippen molar-refractivity contribution >= 4 is 11.5 Å². The maximum atomic E-state index is 5.98. The van der Waals surface area contributed by atoms with Crippen LogP contribution < -0.4 is 15.4 Å². The van der Waals surface area contributed by atoms with Gasteiger partial charge in [0.15, 0.2) is 0 Å². The number of hydrogen-bond acceptors (Lipinski definition) is 4. The minimum atomic E-state index is 0.540. The van der Waals surface area contributed by atoms with E-state index in [1.807, 2.05) is 12.1 Å². The van der Waals surface area contributed by atoms with E-state index in [4.69, 9.17) is 10.5 Å². The van der Waals surface area contributed by atoms with Crippen molar-refractivity contribution in [2.75, 3.05) is 23.8 Å². The van der Waals surface area contributed by atoms with Gasteiger partial charge in [0, 0.05) is 12.6 Å². The molecule has 110 valence electrons. The Morgan fingerprint density at radius 1 is 1.25 bits per heavy atom. The van der Waals surface area contributed by atoms with Crippen molar-refractivity contribution in [1.29, 1.82) is 0 Å². The summed E-state index contributed by atoms with van der Waals surface area (Å²) in [5, 5.41) is 0. The zero-order chi connectivity index (χ0) is 14.1. The Morgan fingerprint density at radius 3 is 2.80 bits per heavy atom. The summed E-state index contributed by atoms with van der Waals surface area (Å²) in [5.74, 6) is 3.05. The average molecular weight is 275 g/mol. The first kappa shape index (κ1) is 13.5. The molecule has 2 fully saturated rings. The van der Waals surface area contributed by atoms with Gasteiger partial charge in [-0.25, -0.2) is 0 Å². The van der Waals surface area contributed by atoms with Gasteiger partial charge in [0.05, 0.1) is 12.3 Å². The molecule has 2 atom stereocenters. The van der Waals surface area contributed by atoms with E-state index < -0.39 is 0 Å². The third-order valence-corrected chi connectivity index (χ3v) is 4.44. The van der Waals surface area contributed by atoms with Gasteiger partial charge in [-0.15, -0.1) is 0 Å². The van der Waals surface area contributed by atoms with Crippen molar-refractivity contribution in [3.63, 3.8) is 0 Å². The predicted octanol–water partition coefficient (Wildman–Crippen LogP) is 3.08. The quantitative estimate of drug-likeness (QED) is 0.917. The summed E-state index contributed by atoms with van der Waals surface area (Å²) in [7, 11) is 0. The molecule has 2 N–H and O–H groups in total. The number of aromatic nitrogens is 1. The van der Waals surface area contributed by atoms with Gasteiger partial charge in [-0.1, -0.05) is 6.92 Å². The molecular formula is C16H25N3O. The van der Waals surface area contributed by atoms with Gasteiger partial charge in [0.2, 0.25) is 5.88 Å². The van der Waals surface area contributed by atoms with Crippen molar-refractivity contribution in [2.45, 2.75) is 45.6 Å². The molecule has 4 heteroatoms. The van der Waals surface area contributed by atoms with Gasteiger partial charge >= 0.3 is 0 Å². The Kier molecular flexibility index (Phi) is 3.72. The summed E-state index contributed by atoms with van der Waals surface area (Å²) in [6.45, 7) is 6.40. The van der Waals surface area contributed by atoms with Crippen LogP contribution in [0.1, 0.15) is 39.5 Å². The minimum Gasteiger partial charge on any atom is -0.476 e. The number of nitrogen functional groups attached to an aromatic ring is 1. The lowest BCUT2D eigenvalue weighted by molar-refractivity contribution is 0.289. The summed E-state index contributed by atoms with van der Waals surface area (Å²) in [6, 6.07) is 4.49. The zero-order valence-corrected chi connectivity index (χ0v) is 12.5. The minimum absolute atomic E-state index is 0.540. The van der Waals surface area contributed by atoms with Gasteiger partial charge in [-0.05, 0) is 56.6 Å². The fourth-order valence-electron chi connectivity index (χ4n) is 2.81. The van der Waals surface area contributed by atoms with E-state index in [1.54, 1.807) is 0 Å².